The maximum atomic E-state index is 11.7. The minimum atomic E-state index is -0.350. The van der Waals surface area contributed by atoms with Gasteiger partial charge in [-0.25, -0.2) is 4.79 Å². The van der Waals surface area contributed by atoms with Crippen molar-refractivity contribution in [3.05, 3.63) is 77.4 Å². The molecule has 0 aliphatic rings. The zero-order valence-corrected chi connectivity index (χ0v) is 12.6. The lowest BCUT2D eigenvalue weighted by atomic mass is 10.2. The molecule has 22 heavy (non-hydrogen) atoms. The van der Waals surface area contributed by atoms with Crippen molar-refractivity contribution in [2.75, 3.05) is 0 Å². The summed E-state index contributed by atoms with van der Waals surface area (Å²) in [6.45, 7) is 0.284. The number of rotatable bonds is 5. The summed E-state index contributed by atoms with van der Waals surface area (Å²) in [5, 5.41) is 0. The third-order valence-electron chi connectivity index (χ3n) is 3.00. The Balaban J connectivity index is 1.56. The van der Waals surface area contributed by atoms with Crippen molar-refractivity contribution in [1.82, 2.24) is 0 Å². The van der Waals surface area contributed by atoms with Gasteiger partial charge in [0.2, 0.25) is 0 Å². The van der Waals surface area contributed by atoms with Gasteiger partial charge in [-0.3, -0.25) is 0 Å². The van der Waals surface area contributed by atoms with Gasteiger partial charge in [0.15, 0.2) is 0 Å². The highest BCUT2D eigenvalue weighted by atomic mass is 32.1. The molecule has 1 aromatic carbocycles. The summed E-state index contributed by atoms with van der Waals surface area (Å²) in [7, 11) is 0. The molecule has 2 aromatic heterocycles. The smallest absolute Gasteiger partial charge is 0.331 e. The molecule has 110 valence electrons. The van der Waals surface area contributed by atoms with Crippen molar-refractivity contribution in [2.24, 2.45) is 0 Å². The average molecular weight is 310 g/mol. The van der Waals surface area contributed by atoms with Crippen molar-refractivity contribution in [3.8, 4) is 10.6 Å². The Morgan fingerprint density at radius 1 is 1.09 bits per heavy atom. The van der Waals surface area contributed by atoms with Crippen LogP contribution in [-0.4, -0.2) is 5.97 Å². The van der Waals surface area contributed by atoms with E-state index in [-0.39, 0.29) is 12.6 Å². The van der Waals surface area contributed by atoms with Crippen molar-refractivity contribution >= 4 is 23.4 Å². The molecule has 0 saturated carbocycles. The molecule has 3 aromatic rings. The van der Waals surface area contributed by atoms with Crippen molar-refractivity contribution in [3.63, 3.8) is 0 Å². The minimum Gasteiger partial charge on any atom is -0.464 e. The monoisotopic (exact) mass is 310 g/mol. The maximum Gasteiger partial charge on any atom is 0.331 e. The fourth-order valence-electron chi connectivity index (χ4n) is 1.92. The number of furan rings is 1. The van der Waals surface area contributed by atoms with Gasteiger partial charge in [0.05, 0.1) is 11.1 Å². The van der Waals surface area contributed by atoms with Crippen LogP contribution in [0.4, 0.5) is 0 Å². The van der Waals surface area contributed by atoms with Crippen LogP contribution in [0.5, 0.6) is 0 Å². The number of ether oxygens (including phenoxy) is 1. The molecule has 2 heterocycles. The molecule has 0 atom stereocenters. The van der Waals surface area contributed by atoms with Crippen LogP contribution in [-0.2, 0) is 16.1 Å². The third-order valence-corrected chi connectivity index (χ3v) is 4.06. The first kappa shape index (κ1) is 14.4. The Labute approximate surface area is 132 Å². The summed E-state index contributed by atoms with van der Waals surface area (Å²) in [6, 6.07) is 17.3. The Kier molecular flexibility index (Phi) is 4.51. The largest absolute Gasteiger partial charge is 0.464 e. The van der Waals surface area contributed by atoms with E-state index in [2.05, 4.69) is 0 Å². The van der Waals surface area contributed by atoms with Gasteiger partial charge >= 0.3 is 5.97 Å². The maximum absolute atomic E-state index is 11.7. The normalized spacial score (nSPS) is 10.9. The van der Waals surface area contributed by atoms with E-state index in [9.17, 15) is 4.79 Å². The number of esters is 1. The summed E-state index contributed by atoms with van der Waals surface area (Å²) in [5.74, 6) is 0.480. The molecular formula is C18H14O3S. The first-order valence-corrected chi connectivity index (χ1v) is 7.65. The van der Waals surface area contributed by atoms with Gasteiger partial charge in [-0.1, -0.05) is 30.3 Å². The molecule has 0 radical (unpaired) electrons. The van der Waals surface area contributed by atoms with Crippen LogP contribution in [0.3, 0.4) is 0 Å². The second-order valence-corrected chi connectivity index (χ2v) is 5.72. The number of hydrogen-bond acceptors (Lipinski definition) is 4. The van der Waals surface area contributed by atoms with Crippen LogP contribution < -0.4 is 0 Å². The first-order valence-electron chi connectivity index (χ1n) is 6.84. The van der Waals surface area contributed by atoms with Gasteiger partial charge in [0, 0.05) is 11.0 Å². The van der Waals surface area contributed by atoms with Crippen LogP contribution in [0.15, 0.2) is 71.4 Å². The van der Waals surface area contributed by atoms with E-state index < -0.39 is 0 Å². The minimum absolute atomic E-state index is 0.284. The molecule has 0 aliphatic heterocycles. The predicted octanol–water partition coefficient (Wildman–Crippen LogP) is 4.76. The van der Waals surface area contributed by atoms with E-state index in [0.717, 1.165) is 21.1 Å². The van der Waals surface area contributed by atoms with Gasteiger partial charge in [-0.15, -0.1) is 11.3 Å². The zero-order valence-electron chi connectivity index (χ0n) is 11.8. The summed E-state index contributed by atoms with van der Waals surface area (Å²) in [4.78, 5) is 13.7. The van der Waals surface area contributed by atoms with Gasteiger partial charge in [-0.05, 0) is 35.9 Å². The lowest BCUT2D eigenvalue weighted by Crippen LogP contribution is -2.00. The molecule has 0 unspecified atom stereocenters. The van der Waals surface area contributed by atoms with Crippen LogP contribution >= 0.6 is 11.3 Å². The zero-order chi connectivity index (χ0) is 15.2. The van der Waals surface area contributed by atoms with Crippen LogP contribution in [0.2, 0.25) is 0 Å². The quantitative estimate of drug-likeness (QED) is 0.503. The summed E-state index contributed by atoms with van der Waals surface area (Å²) < 4.78 is 10.5. The van der Waals surface area contributed by atoms with E-state index >= 15 is 0 Å². The molecule has 0 spiro atoms. The standard InChI is InChI=1S/C18H14O3S/c19-18(21-13-14-5-2-1-3-6-14)11-9-15-8-10-17(22-15)16-7-4-12-20-16/h1-12H,13H2/b11-9+. The topological polar surface area (TPSA) is 39.4 Å². The molecule has 0 aliphatic carbocycles. The van der Waals surface area contributed by atoms with Crippen LogP contribution in [0, 0.1) is 0 Å². The lowest BCUT2D eigenvalue weighted by molar-refractivity contribution is -0.138. The van der Waals surface area contributed by atoms with Crippen molar-refractivity contribution < 1.29 is 13.9 Å². The number of thiophene rings is 1. The van der Waals surface area contributed by atoms with E-state index in [1.807, 2.05) is 54.6 Å². The number of benzene rings is 1. The molecule has 3 nitrogen and oxygen atoms in total. The number of hydrogen-bond donors (Lipinski definition) is 0. The van der Waals surface area contributed by atoms with Crippen molar-refractivity contribution in [1.29, 1.82) is 0 Å². The highest BCUT2D eigenvalue weighted by Gasteiger charge is 2.04. The van der Waals surface area contributed by atoms with Gasteiger partial charge in [0.1, 0.15) is 12.4 Å². The van der Waals surface area contributed by atoms with Crippen LogP contribution in [0.1, 0.15) is 10.4 Å². The second kappa shape index (κ2) is 6.91. The molecule has 3 rings (SSSR count). The summed E-state index contributed by atoms with van der Waals surface area (Å²) >= 11 is 1.56. The Morgan fingerprint density at radius 3 is 2.73 bits per heavy atom. The van der Waals surface area contributed by atoms with E-state index in [4.69, 9.17) is 9.15 Å². The molecule has 0 amide bonds. The summed E-state index contributed by atoms with van der Waals surface area (Å²) in [5.41, 5.74) is 0.973. The summed E-state index contributed by atoms with van der Waals surface area (Å²) in [6.07, 6.45) is 4.84. The highest BCUT2D eigenvalue weighted by molar-refractivity contribution is 7.16. The molecule has 0 saturated heterocycles. The fraction of sp³-hybridized carbons (Fsp3) is 0.0556. The highest BCUT2D eigenvalue weighted by Crippen LogP contribution is 2.28. The molecule has 0 bridgehead atoms. The molecular weight excluding hydrogens is 296 g/mol. The van der Waals surface area contributed by atoms with E-state index in [1.54, 1.807) is 23.7 Å². The first-order chi connectivity index (χ1) is 10.8. The van der Waals surface area contributed by atoms with Crippen LogP contribution in [0.25, 0.3) is 16.7 Å². The van der Waals surface area contributed by atoms with E-state index in [0.29, 0.717) is 0 Å². The molecule has 0 N–H and O–H groups in total. The van der Waals surface area contributed by atoms with Gasteiger partial charge in [0.25, 0.3) is 0 Å². The SMILES string of the molecule is O=C(/C=C/c1ccc(-c2ccco2)s1)OCc1ccccc1. The molecule has 4 heteroatoms. The van der Waals surface area contributed by atoms with Crippen molar-refractivity contribution in [2.45, 2.75) is 6.61 Å². The Hall–Kier alpha value is -2.59. The third kappa shape index (κ3) is 3.74. The fourth-order valence-corrected chi connectivity index (χ4v) is 2.80. The van der Waals surface area contributed by atoms with Gasteiger partial charge in [-0.2, -0.15) is 0 Å². The molecule has 0 fully saturated rings. The lowest BCUT2D eigenvalue weighted by Gasteiger charge is -2.01. The van der Waals surface area contributed by atoms with E-state index in [1.165, 1.54) is 6.08 Å². The Bertz CT molecular complexity index is 755. The van der Waals surface area contributed by atoms with Gasteiger partial charge < -0.3 is 9.15 Å². The Morgan fingerprint density at radius 2 is 1.95 bits per heavy atom. The number of carbonyl (C=O) groups is 1. The predicted molar refractivity (Wildman–Crippen MR) is 87.3 cm³/mol. The second-order valence-electron chi connectivity index (χ2n) is 4.61. The average Bonchev–Trinajstić information content (AvgIpc) is 3.22. The number of carbonyl (C=O) groups excluding carboxylic acids is 1.